The largest absolute Gasteiger partial charge is 0.497 e. The number of likely N-dealkylation sites (N-methyl/N-ethyl adjacent to an activating group) is 1. The van der Waals surface area contributed by atoms with E-state index in [4.69, 9.17) is 21.4 Å². The zero-order chi connectivity index (χ0) is 16.2. The van der Waals surface area contributed by atoms with Crippen molar-refractivity contribution < 1.29 is 9.15 Å². The molecule has 1 saturated heterocycles. The van der Waals surface area contributed by atoms with Crippen LogP contribution in [-0.4, -0.2) is 59.4 Å². The summed E-state index contributed by atoms with van der Waals surface area (Å²) in [6, 6.07) is 7.61. The molecular formula is C16H22N4O2S. The van der Waals surface area contributed by atoms with Gasteiger partial charge < -0.3 is 14.1 Å². The minimum absolute atomic E-state index is 0.411. The van der Waals surface area contributed by atoms with Gasteiger partial charge in [0.15, 0.2) is 0 Å². The van der Waals surface area contributed by atoms with Crippen LogP contribution in [0, 0.1) is 4.84 Å². The van der Waals surface area contributed by atoms with Crippen LogP contribution in [0.3, 0.4) is 0 Å². The Morgan fingerprint density at radius 2 is 1.78 bits per heavy atom. The summed E-state index contributed by atoms with van der Waals surface area (Å²) in [5.74, 6) is 1.35. The number of hydrogen-bond donors (Lipinski definition) is 0. The fraction of sp³-hybridized carbons (Fsp3) is 0.500. The minimum atomic E-state index is 0.411. The second kappa shape index (κ2) is 7.25. The van der Waals surface area contributed by atoms with E-state index in [9.17, 15) is 0 Å². The first kappa shape index (κ1) is 16.2. The molecule has 1 fully saturated rings. The summed E-state index contributed by atoms with van der Waals surface area (Å²) in [6.45, 7) is 8.22. The molecule has 6 nitrogen and oxygen atoms in total. The Labute approximate surface area is 141 Å². The summed E-state index contributed by atoms with van der Waals surface area (Å²) in [6.07, 6.45) is 0. The summed E-state index contributed by atoms with van der Waals surface area (Å²) < 4.78 is 12.6. The van der Waals surface area contributed by atoms with Crippen LogP contribution >= 0.6 is 12.2 Å². The molecule has 0 unspecified atom stereocenters. The molecule has 0 spiro atoms. The molecule has 0 bridgehead atoms. The number of piperazine rings is 1. The Bertz CT molecular complexity index is 687. The van der Waals surface area contributed by atoms with Gasteiger partial charge in [0.1, 0.15) is 5.75 Å². The fourth-order valence-corrected chi connectivity index (χ4v) is 2.86. The molecule has 0 aliphatic carbocycles. The van der Waals surface area contributed by atoms with Gasteiger partial charge in [0.05, 0.1) is 13.8 Å². The molecule has 0 atom stereocenters. The summed E-state index contributed by atoms with van der Waals surface area (Å²) in [7, 11) is 1.65. The van der Waals surface area contributed by atoms with E-state index in [1.54, 1.807) is 11.8 Å². The lowest BCUT2D eigenvalue weighted by Crippen LogP contribution is -2.46. The summed E-state index contributed by atoms with van der Waals surface area (Å²) in [5, 5.41) is 4.52. The smallest absolute Gasteiger partial charge is 0.288 e. The molecule has 1 aliphatic rings. The molecule has 1 aromatic heterocycles. The quantitative estimate of drug-likeness (QED) is 0.783. The van der Waals surface area contributed by atoms with Crippen molar-refractivity contribution in [2.75, 3.05) is 39.8 Å². The number of nitrogens with zero attached hydrogens (tertiary/aromatic N) is 4. The van der Waals surface area contributed by atoms with Crippen molar-refractivity contribution >= 4 is 12.2 Å². The lowest BCUT2D eigenvalue weighted by molar-refractivity contribution is 0.105. The third-order valence-corrected chi connectivity index (χ3v) is 4.48. The van der Waals surface area contributed by atoms with E-state index in [0.717, 1.165) is 44.0 Å². The number of benzene rings is 1. The van der Waals surface area contributed by atoms with Crippen LogP contribution in [0.2, 0.25) is 0 Å². The Kier molecular flexibility index (Phi) is 5.09. The lowest BCUT2D eigenvalue weighted by Gasteiger charge is -2.33. The second-order valence-corrected chi connectivity index (χ2v) is 5.94. The van der Waals surface area contributed by atoms with Crippen LogP contribution in [-0.2, 0) is 6.67 Å². The molecule has 1 aliphatic heterocycles. The molecule has 0 radical (unpaired) electrons. The summed E-state index contributed by atoms with van der Waals surface area (Å²) in [4.78, 5) is 5.21. The topological polar surface area (TPSA) is 46.7 Å². The van der Waals surface area contributed by atoms with Crippen molar-refractivity contribution in [3.05, 3.63) is 29.1 Å². The molecule has 0 amide bonds. The Morgan fingerprint density at radius 1 is 1.13 bits per heavy atom. The van der Waals surface area contributed by atoms with E-state index in [0.29, 0.717) is 17.4 Å². The van der Waals surface area contributed by atoms with Crippen molar-refractivity contribution in [3.63, 3.8) is 0 Å². The predicted molar refractivity (Wildman–Crippen MR) is 91.0 cm³/mol. The first-order valence-corrected chi connectivity index (χ1v) is 8.27. The highest BCUT2D eigenvalue weighted by atomic mass is 32.1. The van der Waals surface area contributed by atoms with Gasteiger partial charge in [0.2, 0.25) is 5.89 Å². The van der Waals surface area contributed by atoms with Gasteiger partial charge in [0.25, 0.3) is 4.84 Å². The molecule has 3 rings (SSSR count). The van der Waals surface area contributed by atoms with Crippen LogP contribution in [0.1, 0.15) is 6.92 Å². The molecule has 1 aromatic carbocycles. The van der Waals surface area contributed by atoms with Crippen LogP contribution in [0.25, 0.3) is 11.5 Å². The molecule has 2 heterocycles. The highest BCUT2D eigenvalue weighted by Crippen LogP contribution is 2.21. The summed E-state index contributed by atoms with van der Waals surface area (Å²) >= 11 is 5.31. The normalized spacial score (nSPS) is 16.6. The Morgan fingerprint density at radius 3 is 2.39 bits per heavy atom. The number of hydrogen-bond acceptors (Lipinski definition) is 6. The van der Waals surface area contributed by atoms with Gasteiger partial charge in [-0.05, 0) is 43.0 Å². The van der Waals surface area contributed by atoms with Crippen LogP contribution in [0.15, 0.2) is 28.7 Å². The first-order chi connectivity index (χ1) is 11.2. The molecule has 23 heavy (non-hydrogen) atoms. The van der Waals surface area contributed by atoms with E-state index in [2.05, 4.69) is 21.8 Å². The van der Waals surface area contributed by atoms with E-state index in [1.807, 2.05) is 24.3 Å². The second-order valence-electron chi connectivity index (χ2n) is 5.59. The van der Waals surface area contributed by atoms with Gasteiger partial charge in [-0.1, -0.05) is 6.92 Å². The van der Waals surface area contributed by atoms with Crippen molar-refractivity contribution in [2.45, 2.75) is 13.6 Å². The van der Waals surface area contributed by atoms with Crippen LogP contribution < -0.4 is 4.74 Å². The molecular weight excluding hydrogens is 312 g/mol. The van der Waals surface area contributed by atoms with Crippen LogP contribution in [0.5, 0.6) is 5.75 Å². The number of ether oxygens (including phenoxy) is 1. The average molecular weight is 334 g/mol. The van der Waals surface area contributed by atoms with Crippen molar-refractivity contribution in [3.8, 4) is 17.2 Å². The standard InChI is InChI=1S/C16H22N4O2S/c1-3-18-8-10-19(11-9-18)12-20-16(23)22-15(17-20)13-4-6-14(21-2)7-5-13/h4-7H,3,8-12H2,1-2H3. The maximum absolute atomic E-state index is 5.65. The first-order valence-electron chi connectivity index (χ1n) is 7.86. The van der Waals surface area contributed by atoms with Crippen molar-refractivity contribution in [1.82, 2.24) is 19.6 Å². The summed E-state index contributed by atoms with van der Waals surface area (Å²) in [5.41, 5.74) is 0.895. The third-order valence-electron chi connectivity index (χ3n) is 4.19. The lowest BCUT2D eigenvalue weighted by atomic mass is 10.2. The van der Waals surface area contributed by atoms with Gasteiger partial charge in [0, 0.05) is 31.7 Å². The van der Waals surface area contributed by atoms with E-state index in [-0.39, 0.29) is 0 Å². The van der Waals surface area contributed by atoms with E-state index >= 15 is 0 Å². The van der Waals surface area contributed by atoms with Gasteiger partial charge in [-0.2, -0.15) is 0 Å². The van der Waals surface area contributed by atoms with E-state index < -0.39 is 0 Å². The van der Waals surface area contributed by atoms with E-state index in [1.165, 1.54) is 0 Å². The molecule has 0 saturated carbocycles. The Balaban J connectivity index is 1.69. The number of rotatable bonds is 5. The third kappa shape index (κ3) is 3.80. The van der Waals surface area contributed by atoms with Gasteiger partial charge in [-0.15, -0.1) is 5.10 Å². The fourth-order valence-electron chi connectivity index (χ4n) is 2.68. The molecule has 2 aromatic rings. The average Bonchev–Trinajstić information content (AvgIpc) is 2.96. The van der Waals surface area contributed by atoms with Crippen molar-refractivity contribution in [1.29, 1.82) is 0 Å². The highest BCUT2D eigenvalue weighted by molar-refractivity contribution is 7.71. The maximum atomic E-state index is 5.65. The minimum Gasteiger partial charge on any atom is -0.497 e. The maximum Gasteiger partial charge on any atom is 0.288 e. The van der Waals surface area contributed by atoms with Crippen molar-refractivity contribution in [2.24, 2.45) is 0 Å². The molecule has 0 N–H and O–H groups in total. The number of methoxy groups -OCH3 is 1. The van der Waals surface area contributed by atoms with Gasteiger partial charge in [-0.3, -0.25) is 4.90 Å². The monoisotopic (exact) mass is 334 g/mol. The SMILES string of the molecule is CCN1CCN(Cn2nc(-c3ccc(OC)cc3)oc2=S)CC1. The zero-order valence-electron chi connectivity index (χ0n) is 13.6. The number of aromatic nitrogens is 2. The van der Waals surface area contributed by atoms with Gasteiger partial charge in [-0.25, -0.2) is 4.68 Å². The Hall–Kier alpha value is -1.70. The predicted octanol–water partition coefficient (Wildman–Crippen LogP) is 2.48. The van der Waals surface area contributed by atoms with Crippen LogP contribution in [0.4, 0.5) is 0 Å². The highest BCUT2D eigenvalue weighted by Gasteiger charge is 2.17. The van der Waals surface area contributed by atoms with Gasteiger partial charge >= 0.3 is 0 Å². The molecule has 7 heteroatoms. The molecule has 124 valence electrons. The zero-order valence-corrected chi connectivity index (χ0v) is 14.4.